The van der Waals surface area contributed by atoms with Crippen LogP contribution in [-0.2, 0) is 32.3 Å². The van der Waals surface area contributed by atoms with Crippen LogP contribution in [0.4, 0.5) is 0 Å². The Bertz CT molecular complexity index is 2740. The van der Waals surface area contributed by atoms with Gasteiger partial charge in [-0.2, -0.15) is 10.5 Å². The molecule has 1 aromatic carbocycles. The summed E-state index contributed by atoms with van der Waals surface area (Å²) in [7, 11) is 0. The first-order valence-electron chi connectivity index (χ1n) is 35.3. The lowest BCUT2D eigenvalue weighted by Gasteiger charge is -2.30. The van der Waals surface area contributed by atoms with Crippen LogP contribution in [0.25, 0.3) is 0 Å². The van der Waals surface area contributed by atoms with Crippen molar-refractivity contribution >= 4 is 23.6 Å². The Morgan fingerprint density at radius 2 is 0.670 bits per heavy atom. The fourth-order valence-electron chi connectivity index (χ4n) is 12.0. The molecule has 0 unspecified atom stereocenters. The number of benzene rings is 1. The van der Waals surface area contributed by atoms with Crippen molar-refractivity contribution in [2.45, 2.75) is 280 Å². The molecular weight excluding hydrogens is 1130 g/mol. The number of ether oxygens (including phenoxy) is 3. The van der Waals surface area contributed by atoms with E-state index in [4.69, 9.17) is 14.2 Å². The summed E-state index contributed by atoms with van der Waals surface area (Å²) in [5.41, 5.74) is 4.93. The highest BCUT2D eigenvalue weighted by atomic mass is 16.5. The molecule has 0 radical (unpaired) electrons. The number of imide groups is 2. The Kier molecular flexibility index (Phi) is 34.5. The van der Waals surface area contributed by atoms with E-state index in [1.165, 1.54) is 154 Å². The molecule has 4 aliphatic heterocycles. The summed E-state index contributed by atoms with van der Waals surface area (Å²) in [6.45, 7) is 19.7. The van der Waals surface area contributed by atoms with Gasteiger partial charge in [0, 0.05) is 59.2 Å². The van der Waals surface area contributed by atoms with Crippen molar-refractivity contribution in [1.82, 2.24) is 19.6 Å². The third-order valence-electron chi connectivity index (χ3n) is 17.6. The second-order valence-electron chi connectivity index (χ2n) is 25.7. The van der Waals surface area contributed by atoms with Crippen LogP contribution in [0.2, 0.25) is 0 Å². The van der Waals surface area contributed by atoms with E-state index in [2.05, 4.69) is 36.6 Å². The number of allylic oxidation sites excluding steroid dienone is 10. The summed E-state index contributed by atoms with van der Waals surface area (Å²) >= 11 is 0. The number of amides is 4. The molecule has 13 nitrogen and oxygen atoms in total. The minimum absolute atomic E-state index is 0.0229. The van der Waals surface area contributed by atoms with Crippen molar-refractivity contribution in [2.75, 3.05) is 19.8 Å². The van der Waals surface area contributed by atoms with Crippen molar-refractivity contribution < 1.29 is 33.4 Å². The van der Waals surface area contributed by atoms with Gasteiger partial charge in [-0.3, -0.25) is 29.0 Å². The smallest absolute Gasteiger partial charge is 0.271 e. The highest BCUT2D eigenvalue weighted by molar-refractivity contribution is 6.19. The maximum atomic E-state index is 13.6. The Morgan fingerprint density at radius 1 is 0.396 bits per heavy atom. The molecule has 4 amide bonds. The van der Waals surface area contributed by atoms with Crippen LogP contribution in [0.1, 0.15) is 266 Å². The topological polar surface area (TPSA) is 157 Å². The molecule has 0 aliphatic carbocycles. The molecule has 0 bridgehead atoms. The van der Waals surface area contributed by atoms with Gasteiger partial charge in [0.25, 0.3) is 23.6 Å². The van der Waals surface area contributed by atoms with E-state index in [-0.39, 0.29) is 11.1 Å². The molecule has 4 heterocycles. The van der Waals surface area contributed by atoms with Gasteiger partial charge in [-0.1, -0.05) is 206 Å². The van der Waals surface area contributed by atoms with E-state index in [0.29, 0.717) is 72.5 Å². The van der Waals surface area contributed by atoms with Crippen LogP contribution >= 0.6 is 0 Å². The van der Waals surface area contributed by atoms with Crippen molar-refractivity contribution in [3.05, 3.63) is 135 Å². The second-order valence-corrected chi connectivity index (χ2v) is 25.7. The molecule has 13 heteroatoms. The number of hydrogen-bond acceptors (Lipinski definition) is 11. The Balaban J connectivity index is 1.52. The Labute approximate surface area is 549 Å². The molecular formula is C78H112N6O7. The van der Waals surface area contributed by atoms with Gasteiger partial charge in [0.2, 0.25) is 5.75 Å². The lowest BCUT2D eigenvalue weighted by molar-refractivity contribution is -0.144. The average Bonchev–Trinajstić information content (AvgIpc) is 0.934. The largest absolute Gasteiger partial charge is 0.489 e. The number of hydrogen-bond donors (Lipinski definition) is 0. The third-order valence-corrected chi connectivity index (χ3v) is 17.6. The zero-order valence-corrected chi connectivity index (χ0v) is 57.5. The summed E-state index contributed by atoms with van der Waals surface area (Å²) in [4.78, 5) is 60.1. The van der Waals surface area contributed by atoms with E-state index < -0.39 is 35.7 Å². The first kappa shape index (κ1) is 74.6. The molecule has 91 heavy (non-hydrogen) atoms. The summed E-state index contributed by atoms with van der Waals surface area (Å²) in [5, 5.41) is 19.8. The predicted molar refractivity (Wildman–Crippen MR) is 369 cm³/mol. The average molecular weight is 1250 g/mol. The molecule has 0 spiro atoms. The van der Waals surface area contributed by atoms with E-state index in [1.54, 1.807) is 53.7 Å². The maximum absolute atomic E-state index is 13.6. The lowest BCUT2D eigenvalue weighted by Crippen LogP contribution is -2.46. The molecule has 0 N–H and O–H groups in total. The van der Waals surface area contributed by atoms with Gasteiger partial charge in [-0.15, -0.1) is 0 Å². The quantitative estimate of drug-likeness (QED) is 0.0348. The van der Waals surface area contributed by atoms with Crippen LogP contribution in [0, 0.1) is 22.7 Å². The van der Waals surface area contributed by atoms with Crippen LogP contribution in [0.3, 0.4) is 0 Å². The molecule has 4 aliphatic rings. The molecule has 5 rings (SSSR count). The highest BCUT2D eigenvalue weighted by Crippen LogP contribution is 2.45. The van der Waals surface area contributed by atoms with Crippen molar-refractivity contribution in [3.63, 3.8) is 0 Å². The SMILES string of the molecule is CCCCCCCCCCCCOc1c(CN2C=CC(=C/C=C3\C(=O)N(C(C)C)C(=O)C(C#N)=C3C)C=C2)cc(CN2C=CC(=C/C=C3\C(=O)N(C(C)C)C(=O)C(C#N)=C3C)C=C2)c(OCCCCCCCCCCCC)c1OCCCCCCCCCCCC. The molecule has 0 saturated carbocycles. The third kappa shape index (κ3) is 24.1. The standard InChI is InChI=1S/C78H112N6O7/c1-10-13-16-19-22-25-28-31-34-37-52-89-72-66(58-81-48-44-64(45-49-81)40-42-68-62(8)70(56-79)77(87)83(60(4)5)75(68)85)55-67(59-82-50-46-65(47-51-82)41-43-69-63(9)71(57-80)78(88)84(61(6)7)76(69)86)73(90-53-38-35-32-29-26-23-20-17-14-11-2)74(72)91-54-39-36-33-30-27-24-21-18-15-12-3/h40-51,55,60-61H,10-39,52-54,58-59H2,1-9H3/b68-42-,69-43-. The van der Waals surface area contributed by atoms with Crippen molar-refractivity contribution in [2.24, 2.45) is 0 Å². The van der Waals surface area contributed by atoms with Crippen LogP contribution in [0.5, 0.6) is 17.2 Å². The fraction of sp³-hybridized carbons (Fsp3) is 0.590. The van der Waals surface area contributed by atoms with E-state index in [0.717, 1.165) is 70.6 Å². The zero-order chi connectivity index (χ0) is 65.8. The molecule has 496 valence electrons. The van der Waals surface area contributed by atoms with Gasteiger partial charge in [-0.25, -0.2) is 0 Å². The number of rotatable bonds is 44. The minimum Gasteiger partial charge on any atom is -0.489 e. The van der Waals surface area contributed by atoms with E-state index in [9.17, 15) is 29.7 Å². The first-order valence-corrected chi connectivity index (χ1v) is 35.3. The molecule has 0 atom stereocenters. The number of nitriles is 2. The molecule has 0 aromatic heterocycles. The van der Waals surface area contributed by atoms with Gasteiger partial charge in [0.1, 0.15) is 23.3 Å². The van der Waals surface area contributed by atoms with E-state index in [1.807, 2.05) is 73.4 Å². The summed E-state index contributed by atoms with van der Waals surface area (Å²) in [5.74, 6) is 0.0979. The molecule has 0 saturated heterocycles. The van der Waals surface area contributed by atoms with Crippen molar-refractivity contribution in [1.29, 1.82) is 10.5 Å². The predicted octanol–water partition coefficient (Wildman–Crippen LogP) is 19.2. The number of nitrogens with zero attached hydrogens (tertiary/aromatic N) is 6. The van der Waals surface area contributed by atoms with Crippen LogP contribution in [0.15, 0.2) is 124 Å². The number of carbonyl (C=O) groups excluding carboxylic acids is 4. The van der Waals surface area contributed by atoms with Gasteiger partial charge >= 0.3 is 0 Å². The first-order chi connectivity index (χ1) is 44.2. The van der Waals surface area contributed by atoms with Gasteiger partial charge in [0.05, 0.1) is 32.9 Å². The lowest BCUT2D eigenvalue weighted by atomic mass is 9.93. The number of unbranched alkanes of at least 4 members (excludes halogenated alkanes) is 27. The summed E-state index contributed by atoms with van der Waals surface area (Å²) < 4.78 is 21.2. The Morgan fingerprint density at radius 3 is 0.945 bits per heavy atom. The van der Waals surface area contributed by atoms with E-state index >= 15 is 0 Å². The zero-order valence-electron chi connectivity index (χ0n) is 57.5. The van der Waals surface area contributed by atoms with Gasteiger partial charge in [0.15, 0.2) is 11.5 Å². The monoisotopic (exact) mass is 1240 g/mol. The molecule has 1 aromatic rings. The van der Waals surface area contributed by atoms with Gasteiger partial charge in [-0.05, 0) is 126 Å². The number of carbonyl (C=O) groups is 4. The molecule has 0 fully saturated rings. The second kappa shape index (κ2) is 42.1. The maximum Gasteiger partial charge on any atom is 0.271 e. The highest BCUT2D eigenvalue weighted by Gasteiger charge is 2.38. The fourth-order valence-corrected chi connectivity index (χ4v) is 12.0. The van der Waals surface area contributed by atoms with Crippen molar-refractivity contribution in [3.8, 4) is 29.4 Å². The van der Waals surface area contributed by atoms with Crippen LogP contribution in [-0.4, -0.2) is 75.1 Å². The Hall–Kier alpha value is -7.12. The normalized spacial score (nSPS) is 16.1. The summed E-state index contributed by atoms with van der Waals surface area (Å²) in [6, 6.07) is 5.48. The van der Waals surface area contributed by atoms with Crippen LogP contribution < -0.4 is 14.2 Å². The minimum atomic E-state index is -0.563. The van der Waals surface area contributed by atoms with Gasteiger partial charge < -0.3 is 24.0 Å². The summed E-state index contributed by atoms with van der Waals surface area (Å²) in [6.07, 6.45) is 59.7.